The summed E-state index contributed by atoms with van der Waals surface area (Å²) in [5.41, 5.74) is 0.493. The highest BCUT2D eigenvalue weighted by Gasteiger charge is 2.40. The van der Waals surface area contributed by atoms with Crippen molar-refractivity contribution in [3.63, 3.8) is 0 Å². The smallest absolute Gasteiger partial charge is 0.410 e. The van der Waals surface area contributed by atoms with Gasteiger partial charge in [-0.3, -0.25) is 4.79 Å². The van der Waals surface area contributed by atoms with E-state index in [2.05, 4.69) is 0 Å². The molecule has 0 radical (unpaired) electrons. The predicted molar refractivity (Wildman–Crippen MR) is 92.3 cm³/mol. The van der Waals surface area contributed by atoms with Crippen molar-refractivity contribution in [2.24, 2.45) is 11.8 Å². The second-order valence-corrected chi connectivity index (χ2v) is 6.95. The highest BCUT2D eigenvalue weighted by atomic mass is 16.6. The number of carbonyl (C=O) groups excluding carboxylic acids is 2. The number of rotatable bonds is 3. The monoisotopic (exact) mass is 331 g/mol. The van der Waals surface area contributed by atoms with Gasteiger partial charge in [0.05, 0.1) is 13.0 Å². The first kappa shape index (κ1) is 18.0. The molecule has 0 bridgehead atoms. The minimum absolute atomic E-state index is 0.0924. The number of hydrogen-bond acceptors (Lipinski definition) is 4. The van der Waals surface area contributed by atoms with Gasteiger partial charge in [-0.2, -0.15) is 0 Å². The summed E-state index contributed by atoms with van der Waals surface area (Å²) in [6.45, 7) is 6.23. The summed E-state index contributed by atoms with van der Waals surface area (Å²) in [5, 5.41) is 0. The maximum Gasteiger partial charge on any atom is 0.410 e. The van der Waals surface area contributed by atoms with Crippen LogP contribution in [0.2, 0.25) is 0 Å². The highest BCUT2D eigenvalue weighted by Crippen LogP contribution is 2.28. The highest BCUT2D eigenvalue weighted by molar-refractivity contribution is 5.76. The number of hydrogen-bond donors (Lipinski definition) is 0. The summed E-state index contributed by atoms with van der Waals surface area (Å²) < 4.78 is 10.3. The molecule has 0 N–H and O–H groups in total. The van der Waals surface area contributed by atoms with Gasteiger partial charge in [-0.05, 0) is 26.3 Å². The Morgan fingerprint density at radius 1 is 1.17 bits per heavy atom. The molecule has 1 aliphatic rings. The van der Waals surface area contributed by atoms with Crippen LogP contribution in [0.5, 0.6) is 0 Å². The Labute approximate surface area is 143 Å². The second kappa shape index (κ2) is 7.51. The van der Waals surface area contributed by atoms with Crippen molar-refractivity contribution in [1.82, 2.24) is 4.90 Å². The van der Waals surface area contributed by atoms with Crippen molar-refractivity contribution in [2.45, 2.75) is 26.4 Å². The van der Waals surface area contributed by atoms with Gasteiger partial charge in [0.15, 0.2) is 0 Å². The number of amides is 1. The SMILES string of the molecule is COC(=O)C1CN(C(=O)OC(C)(C)C)CC1/C=C/c1ccccc1. The van der Waals surface area contributed by atoms with Crippen LogP contribution >= 0.6 is 0 Å². The van der Waals surface area contributed by atoms with Crippen molar-refractivity contribution >= 4 is 18.1 Å². The quantitative estimate of drug-likeness (QED) is 0.797. The van der Waals surface area contributed by atoms with Crippen LogP contribution in [0.25, 0.3) is 6.08 Å². The zero-order valence-electron chi connectivity index (χ0n) is 14.7. The van der Waals surface area contributed by atoms with Crippen LogP contribution in [0, 0.1) is 11.8 Å². The predicted octanol–water partition coefficient (Wildman–Crippen LogP) is 3.36. The number of carbonyl (C=O) groups is 2. The van der Waals surface area contributed by atoms with Crippen molar-refractivity contribution < 1.29 is 19.1 Å². The number of esters is 1. The lowest BCUT2D eigenvalue weighted by molar-refractivity contribution is -0.145. The van der Waals surface area contributed by atoms with Crippen LogP contribution in [0.15, 0.2) is 36.4 Å². The molecular weight excluding hydrogens is 306 g/mol. The molecule has 5 nitrogen and oxygen atoms in total. The molecule has 1 fully saturated rings. The van der Waals surface area contributed by atoms with E-state index in [-0.39, 0.29) is 17.8 Å². The minimum atomic E-state index is -0.560. The Bertz CT molecular complexity index is 604. The van der Waals surface area contributed by atoms with Crippen LogP contribution in [0.3, 0.4) is 0 Å². The fraction of sp³-hybridized carbons (Fsp3) is 0.474. The third kappa shape index (κ3) is 4.85. The molecule has 1 saturated heterocycles. The Kier molecular flexibility index (Phi) is 5.65. The van der Waals surface area contributed by atoms with Gasteiger partial charge < -0.3 is 14.4 Å². The summed E-state index contributed by atoms with van der Waals surface area (Å²) in [5.74, 6) is -0.767. The third-order valence-electron chi connectivity index (χ3n) is 3.86. The molecule has 1 aliphatic heterocycles. The molecular formula is C19H25NO4. The normalized spacial score (nSPS) is 21.1. The molecule has 0 spiro atoms. The molecule has 1 aromatic rings. The van der Waals surface area contributed by atoms with Crippen LogP contribution < -0.4 is 0 Å². The van der Waals surface area contributed by atoms with Crippen LogP contribution in [-0.2, 0) is 14.3 Å². The molecule has 1 heterocycles. The third-order valence-corrected chi connectivity index (χ3v) is 3.86. The molecule has 2 rings (SSSR count). The van der Waals surface area contributed by atoms with E-state index in [1.165, 1.54) is 7.11 Å². The first-order valence-electron chi connectivity index (χ1n) is 8.09. The maximum atomic E-state index is 12.3. The summed E-state index contributed by atoms with van der Waals surface area (Å²) in [6.07, 6.45) is 3.55. The Morgan fingerprint density at radius 2 is 1.83 bits per heavy atom. The van der Waals surface area contributed by atoms with E-state index >= 15 is 0 Å². The van der Waals surface area contributed by atoms with Gasteiger partial charge >= 0.3 is 12.1 Å². The maximum absolute atomic E-state index is 12.3. The number of benzene rings is 1. The largest absolute Gasteiger partial charge is 0.469 e. The summed E-state index contributed by atoms with van der Waals surface area (Å²) in [7, 11) is 1.37. The van der Waals surface area contributed by atoms with Gasteiger partial charge in [0.1, 0.15) is 5.60 Å². The fourth-order valence-electron chi connectivity index (χ4n) is 2.70. The first-order valence-corrected chi connectivity index (χ1v) is 8.09. The van der Waals surface area contributed by atoms with E-state index in [0.29, 0.717) is 13.1 Å². The van der Waals surface area contributed by atoms with E-state index in [4.69, 9.17) is 9.47 Å². The van der Waals surface area contributed by atoms with Crippen molar-refractivity contribution in [3.05, 3.63) is 42.0 Å². The summed E-state index contributed by atoms with van der Waals surface area (Å²) >= 11 is 0. The first-order chi connectivity index (χ1) is 11.3. The number of methoxy groups -OCH3 is 1. The molecule has 0 aromatic heterocycles. The Morgan fingerprint density at radius 3 is 2.42 bits per heavy atom. The lowest BCUT2D eigenvalue weighted by Crippen LogP contribution is -2.36. The molecule has 1 aromatic carbocycles. The average Bonchev–Trinajstić information content (AvgIpc) is 2.96. The lowest BCUT2D eigenvalue weighted by Gasteiger charge is -2.24. The zero-order valence-corrected chi connectivity index (χ0v) is 14.7. The van der Waals surface area contributed by atoms with Crippen molar-refractivity contribution in [3.8, 4) is 0 Å². The van der Waals surface area contributed by atoms with E-state index in [9.17, 15) is 9.59 Å². The van der Waals surface area contributed by atoms with Crippen molar-refractivity contribution in [1.29, 1.82) is 0 Å². The van der Waals surface area contributed by atoms with Gasteiger partial charge in [-0.25, -0.2) is 4.79 Å². The molecule has 2 atom stereocenters. The lowest BCUT2D eigenvalue weighted by atomic mass is 9.95. The Hall–Kier alpha value is -2.30. The fourth-order valence-corrected chi connectivity index (χ4v) is 2.70. The average molecular weight is 331 g/mol. The van der Waals surface area contributed by atoms with E-state index in [1.54, 1.807) is 4.90 Å². The number of likely N-dealkylation sites (tertiary alicyclic amines) is 1. The minimum Gasteiger partial charge on any atom is -0.469 e. The van der Waals surface area contributed by atoms with E-state index in [1.807, 2.05) is 63.3 Å². The second-order valence-electron chi connectivity index (χ2n) is 6.95. The van der Waals surface area contributed by atoms with Crippen LogP contribution in [0.1, 0.15) is 26.3 Å². The summed E-state index contributed by atoms with van der Waals surface area (Å²) in [4.78, 5) is 25.9. The molecule has 1 amide bonds. The van der Waals surface area contributed by atoms with E-state index in [0.717, 1.165) is 5.56 Å². The van der Waals surface area contributed by atoms with Gasteiger partial charge in [-0.15, -0.1) is 0 Å². The van der Waals surface area contributed by atoms with Crippen molar-refractivity contribution in [2.75, 3.05) is 20.2 Å². The zero-order chi connectivity index (χ0) is 17.7. The van der Waals surface area contributed by atoms with Gasteiger partial charge in [-0.1, -0.05) is 42.5 Å². The standard InChI is InChI=1S/C19H25NO4/c1-19(2,3)24-18(22)20-12-15(16(13-20)17(21)23-4)11-10-14-8-6-5-7-9-14/h5-11,15-16H,12-13H2,1-4H3/b11-10+. The molecule has 0 aliphatic carbocycles. The molecule has 5 heteroatoms. The molecule has 0 saturated carbocycles. The van der Waals surface area contributed by atoms with Crippen LogP contribution in [0.4, 0.5) is 4.79 Å². The van der Waals surface area contributed by atoms with Crippen LogP contribution in [-0.4, -0.2) is 42.8 Å². The number of ether oxygens (including phenoxy) is 2. The summed E-state index contributed by atoms with van der Waals surface area (Å²) in [6, 6.07) is 9.85. The van der Waals surface area contributed by atoms with E-state index < -0.39 is 11.7 Å². The van der Waals surface area contributed by atoms with Gasteiger partial charge in [0.25, 0.3) is 0 Å². The molecule has 130 valence electrons. The topological polar surface area (TPSA) is 55.8 Å². The number of nitrogens with zero attached hydrogens (tertiary/aromatic N) is 1. The molecule has 24 heavy (non-hydrogen) atoms. The Balaban J connectivity index is 2.11. The van der Waals surface area contributed by atoms with Gasteiger partial charge in [0.2, 0.25) is 0 Å². The van der Waals surface area contributed by atoms with Gasteiger partial charge in [0, 0.05) is 19.0 Å². The molecule has 2 unspecified atom stereocenters.